The average Bonchev–Trinajstić information content (AvgIpc) is 2.91. The summed E-state index contributed by atoms with van der Waals surface area (Å²) in [6.45, 7) is 4.79. The van der Waals surface area contributed by atoms with Crippen LogP contribution in [-0.4, -0.2) is 14.0 Å². The van der Waals surface area contributed by atoms with Crippen LogP contribution >= 0.6 is 11.3 Å². The van der Waals surface area contributed by atoms with Gasteiger partial charge in [0, 0.05) is 30.4 Å². The van der Waals surface area contributed by atoms with Crippen LogP contribution in [0.15, 0.2) is 28.5 Å². The molecule has 6 heteroatoms. The fourth-order valence-electron chi connectivity index (χ4n) is 2.26. The van der Waals surface area contributed by atoms with Crippen molar-refractivity contribution in [1.29, 1.82) is 0 Å². The molecule has 0 aliphatic carbocycles. The van der Waals surface area contributed by atoms with Gasteiger partial charge in [0.1, 0.15) is 0 Å². The molecule has 0 unspecified atom stereocenters. The molecule has 0 aliphatic heterocycles. The predicted molar refractivity (Wildman–Crippen MR) is 81.6 cm³/mol. The molecule has 0 saturated heterocycles. The molecule has 104 valence electrons. The maximum atomic E-state index is 11.4. The van der Waals surface area contributed by atoms with Crippen molar-refractivity contribution in [3.05, 3.63) is 51.1 Å². The zero-order valence-corrected chi connectivity index (χ0v) is 12.5. The third-order valence-corrected chi connectivity index (χ3v) is 4.32. The van der Waals surface area contributed by atoms with Gasteiger partial charge in [-0.1, -0.05) is 0 Å². The molecule has 20 heavy (non-hydrogen) atoms. The number of rotatable bonds is 3. The second-order valence-corrected chi connectivity index (χ2v) is 5.70. The zero-order chi connectivity index (χ0) is 14.3. The van der Waals surface area contributed by atoms with Crippen LogP contribution in [0.3, 0.4) is 0 Å². The number of hydrogen-bond donors (Lipinski definition) is 1. The smallest absolute Gasteiger partial charge is 0.250 e. The molecule has 5 nitrogen and oxygen atoms in total. The highest BCUT2D eigenvalue weighted by Gasteiger charge is 2.11. The van der Waals surface area contributed by atoms with E-state index in [9.17, 15) is 4.79 Å². The van der Waals surface area contributed by atoms with Gasteiger partial charge in [0.15, 0.2) is 4.96 Å². The number of nitrogens with one attached hydrogen (secondary N) is 1. The standard InChI is InChI=1S/C14H16N4OS/c1-9-8-20-14-16-10(2)12(18(9)14)6-15-11-4-5-13(19)17(3)7-11/h4-5,7-8,15H,6H2,1-3H3. The molecular formula is C14H16N4OS. The predicted octanol–water partition coefficient (Wildman–Crippen LogP) is 2.32. The number of pyridine rings is 1. The van der Waals surface area contributed by atoms with E-state index in [0.29, 0.717) is 6.54 Å². The third-order valence-electron chi connectivity index (χ3n) is 3.38. The molecule has 3 aromatic rings. The first-order valence-electron chi connectivity index (χ1n) is 6.39. The molecule has 0 aromatic carbocycles. The lowest BCUT2D eigenvalue weighted by atomic mass is 10.3. The highest BCUT2D eigenvalue weighted by molar-refractivity contribution is 7.15. The molecule has 3 rings (SSSR count). The second kappa shape index (κ2) is 4.79. The van der Waals surface area contributed by atoms with Gasteiger partial charge in [0.25, 0.3) is 0 Å². The summed E-state index contributed by atoms with van der Waals surface area (Å²) in [6, 6.07) is 3.37. The van der Waals surface area contributed by atoms with Gasteiger partial charge >= 0.3 is 0 Å². The Labute approximate surface area is 120 Å². The first kappa shape index (κ1) is 12.9. The normalized spacial score (nSPS) is 11.2. The summed E-state index contributed by atoms with van der Waals surface area (Å²) in [5.74, 6) is 0. The number of nitrogens with zero attached hydrogens (tertiary/aromatic N) is 3. The maximum absolute atomic E-state index is 11.4. The Balaban J connectivity index is 1.89. The Hall–Kier alpha value is -2.08. The summed E-state index contributed by atoms with van der Waals surface area (Å²) in [4.78, 5) is 17.0. The molecule has 0 amide bonds. The molecule has 3 aromatic heterocycles. The van der Waals surface area contributed by atoms with Gasteiger partial charge in [-0.15, -0.1) is 11.3 Å². The maximum Gasteiger partial charge on any atom is 0.250 e. The highest BCUT2D eigenvalue weighted by Crippen LogP contribution is 2.21. The minimum Gasteiger partial charge on any atom is -0.378 e. The lowest BCUT2D eigenvalue weighted by Gasteiger charge is -2.08. The van der Waals surface area contributed by atoms with Crippen LogP contribution in [0.4, 0.5) is 5.69 Å². The first-order valence-corrected chi connectivity index (χ1v) is 7.27. The summed E-state index contributed by atoms with van der Waals surface area (Å²) in [7, 11) is 1.75. The van der Waals surface area contributed by atoms with E-state index in [1.165, 1.54) is 5.69 Å². The van der Waals surface area contributed by atoms with Crippen LogP contribution in [0.5, 0.6) is 0 Å². The van der Waals surface area contributed by atoms with E-state index in [4.69, 9.17) is 0 Å². The number of imidazole rings is 1. The van der Waals surface area contributed by atoms with Gasteiger partial charge in [0.05, 0.1) is 23.6 Å². The second-order valence-electron chi connectivity index (χ2n) is 4.86. The molecule has 0 radical (unpaired) electrons. The number of thiazole rings is 1. The van der Waals surface area contributed by atoms with Crippen LogP contribution < -0.4 is 10.9 Å². The Morgan fingerprint density at radius 2 is 2.15 bits per heavy atom. The Morgan fingerprint density at radius 3 is 2.90 bits per heavy atom. The van der Waals surface area contributed by atoms with Gasteiger partial charge in [0.2, 0.25) is 5.56 Å². The van der Waals surface area contributed by atoms with Crippen LogP contribution in [-0.2, 0) is 13.6 Å². The van der Waals surface area contributed by atoms with Crippen molar-refractivity contribution in [1.82, 2.24) is 14.0 Å². The van der Waals surface area contributed by atoms with Gasteiger partial charge in [-0.3, -0.25) is 9.20 Å². The topological polar surface area (TPSA) is 51.3 Å². The fraction of sp³-hybridized carbons (Fsp3) is 0.286. The quantitative estimate of drug-likeness (QED) is 0.804. The lowest BCUT2D eigenvalue weighted by molar-refractivity contribution is 0.857. The van der Waals surface area contributed by atoms with Crippen molar-refractivity contribution in [2.45, 2.75) is 20.4 Å². The van der Waals surface area contributed by atoms with Crippen molar-refractivity contribution in [3.8, 4) is 0 Å². The molecule has 3 heterocycles. The first-order chi connectivity index (χ1) is 9.56. The van der Waals surface area contributed by atoms with Gasteiger partial charge in [-0.05, 0) is 19.9 Å². The summed E-state index contributed by atoms with van der Waals surface area (Å²) < 4.78 is 3.74. The van der Waals surface area contributed by atoms with E-state index in [1.807, 2.05) is 6.92 Å². The highest BCUT2D eigenvalue weighted by atomic mass is 32.1. The Morgan fingerprint density at radius 1 is 1.35 bits per heavy atom. The van der Waals surface area contributed by atoms with Crippen LogP contribution in [0.1, 0.15) is 17.1 Å². The zero-order valence-electron chi connectivity index (χ0n) is 11.7. The molecule has 0 bridgehead atoms. The minimum absolute atomic E-state index is 0.00727. The Kier molecular flexibility index (Phi) is 3.10. The van der Waals surface area contributed by atoms with E-state index in [1.54, 1.807) is 41.3 Å². The number of aryl methyl sites for hydroxylation is 3. The summed E-state index contributed by atoms with van der Waals surface area (Å²) >= 11 is 1.65. The van der Waals surface area contributed by atoms with E-state index >= 15 is 0 Å². The summed E-state index contributed by atoms with van der Waals surface area (Å²) in [5.41, 5.74) is 4.31. The molecule has 1 N–H and O–H groups in total. The molecule has 0 fully saturated rings. The van der Waals surface area contributed by atoms with Crippen molar-refractivity contribution >= 4 is 22.0 Å². The van der Waals surface area contributed by atoms with E-state index < -0.39 is 0 Å². The molecule has 0 spiro atoms. The van der Waals surface area contributed by atoms with E-state index in [0.717, 1.165) is 22.0 Å². The van der Waals surface area contributed by atoms with Crippen molar-refractivity contribution < 1.29 is 0 Å². The number of hydrogen-bond acceptors (Lipinski definition) is 4. The van der Waals surface area contributed by atoms with Crippen LogP contribution in [0, 0.1) is 13.8 Å². The van der Waals surface area contributed by atoms with Gasteiger partial charge in [-0.25, -0.2) is 4.98 Å². The van der Waals surface area contributed by atoms with Crippen molar-refractivity contribution in [2.75, 3.05) is 5.32 Å². The molecular weight excluding hydrogens is 272 g/mol. The molecule has 0 saturated carbocycles. The molecule has 0 atom stereocenters. The number of fused-ring (bicyclic) bond motifs is 1. The van der Waals surface area contributed by atoms with Crippen LogP contribution in [0.25, 0.3) is 4.96 Å². The largest absolute Gasteiger partial charge is 0.378 e. The van der Waals surface area contributed by atoms with Crippen LogP contribution in [0.2, 0.25) is 0 Å². The number of anilines is 1. The SMILES string of the molecule is Cc1nc2scc(C)n2c1CNc1ccc(=O)n(C)c1. The monoisotopic (exact) mass is 288 g/mol. The summed E-state index contributed by atoms with van der Waals surface area (Å²) in [6.07, 6.45) is 1.80. The average molecular weight is 288 g/mol. The Bertz CT molecular complexity index is 827. The van der Waals surface area contributed by atoms with Crippen molar-refractivity contribution in [2.24, 2.45) is 7.05 Å². The minimum atomic E-state index is -0.00727. The fourth-order valence-corrected chi connectivity index (χ4v) is 3.19. The van der Waals surface area contributed by atoms with E-state index in [2.05, 4.69) is 27.0 Å². The van der Waals surface area contributed by atoms with Gasteiger partial charge in [-0.2, -0.15) is 0 Å². The van der Waals surface area contributed by atoms with Gasteiger partial charge < -0.3 is 9.88 Å². The lowest BCUT2D eigenvalue weighted by Crippen LogP contribution is -2.15. The van der Waals surface area contributed by atoms with Crippen molar-refractivity contribution in [3.63, 3.8) is 0 Å². The van der Waals surface area contributed by atoms with E-state index in [-0.39, 0.29) is 5.56 Å². The summed E-state index contributed by atoms with van der Waals surface area (Å²) in [5, 5.41) is 5.46. The number of aromatic nitrogens is 3. The molecule has 0 aliphatic rings. The third kappa shape index (κ3) is 2.12.